The van der Waals surface area contributed by atoms with Crippen LogP contribution in [0.5, 0.6) is 0 Å². The average Bonchev–Trinajstić information content (AvgIpc) is 3.02. The highest BCUT2D eigenvalue weighted by atomic mass is 19.1. The Morgan fingerprint density at radius 3 is 2.62 bits per heavy atom. The summed E-state index contributed by atoms with van der Waals surface area (Å²) in [5, 5.41) is 3.22. The monoisotopic (exact) mass is 397 g/mol. The number of aromatic nitrogens is 4. The Kier molecular flexibility index (Phi) is 5.44. The van der Waals surface area contributed by atoms with Crippen LogP contribution in [0.4, 0.5) is 10.3 Å². The van der Waals surface area contributed by atoms with Gasteiger partial charge in [-0.1, -0.05) is 12.1 Å². The number of benzene rings is 1. The van der Waals surface area contributed by atoms with Gasteiger partial charge in [0.15, 0.2) is 0 Å². The molecule has 0 radical (unpaired) electrons. The number of hydrogen-bond donors (Lipinski definition) is 1. The number of methoxy groups -OCH3 is 1. The number of rotatable bonds is 6. The molecule has 3 aromatic rings. The minimum absolute atomic E-state index is 0.0393. The standard InChI is InChI=1S/C21H24FN5O2/c1-14(13-29-2)24-21-23-10-9-17(25-21)19-18(15-5-7-16(22)8-6-15)20(28)27-12-4-3-11-26(19)27/h5-10,14H,3-4,11-13H2,1-2H3,(H,23,24,25)/t14-/m0/s1. The molecule has 8 heteroatoms. The van der Waals surface area contributed by atoms with Crippen molar-refractivity contribution in [3.63, 3.8) is 0 Å². The van der Waals surface area contributed by atoms with Crippen LogP contribution in [0.1, 0.15) is 19.8 Å². The molecule has 3 heterocycles. The topological polar surface area (TPSA) is 74.0 Å². The second-order valence-electron chi connectivity index (χ2n) is 7.26. The van der Waals surface area contributed by atoms with Gasteiger partial charge in [-0.3, -0.25) is 9.48 Å². The van der Waals surface area contributed by atoms with Crippen molar-refractivity contribution in [3.05, 3.63) is 52.7 Å². The second-order valence-corrected chi connectivity index (χ2v) is 7.26. The molecule has 1 atom stereocenters. The van der Waals surface area contributed by atoms with Crippen LogP contribution in [-0.4, -0.2) is 39.1 Å². The normalized spacial score (nSPS) is 14.4. The maximum Gasteiger partial charge on any atom is 0.275 e. The van der Waals surface area contributed by atoms with Crippen LogP contribution < -0.4 is 10.9 Å². The molecule has 0 saturated heterocycles. The lowest BCUT2D eigenvalue weighted by Crippen LogP contribution is -2.27. The first-order chi connectivity index (χ1) is 14.1. The Hall–Kier alpha value is -3.00. The molecule has 29 heavy (non-hydrogen) atoms. The fraction of sp³-hybridized carbons (Fsp3) is 0.381. The van der Waals surface area contributed by atoms with Crippen LogP contribution in [0.3, 0.4) is 0 Å². The third kappa shape index (κ3) is 3.80. The Morgan fingerprint density at radius 1 is 1.17 bits per heavy atom. The van der Waals surface area contributed by atoms with E-state index in [1.165, 1.54) is 12.1 Å². The number of nitrogens with one attached hydrogen (secondary N) is 1. The van der Waals surface area contributed by atoms with E-state index in [9.17, 15) is 9.18 Å². The lowest BCUT2D eigenvalue weighted by atomic mass is 10.0. The zero-order valence-electron chi connectivity index (χ0n) is 16.6. The van der Waals surface area contributed by atoms with Gasteiger partial charge < -0.3 is 10.1 Å². The largest absolute Gasteiger partial charge is 0.383 e. The maximum atomic E-state index is 13.5. The summed E-state index contributed by atoms with van der Waals surface area (Å²) < 4.78 is 22.4. The van der Waals surface area contributed by atoms with Crippen molar-refractivity contribution in [3.8, 4) is 22.5 Å². The third-order valence-corrected chi connectivity index (χ3v) is 5.05. The van der Waals surface area contributed by atoms with Crippen LogP contribution in [0.25, 0.3) is 22.5 Å². The molecule has 0 unspecified atom stereocenters. The van der Waals surface area contributed by atoms with Crippen LogP contribution in [0.2, 0.25) is 0 Å². The lowest BCUT2D eigenvalue weighted by molar-refractivity contribution is 0.190. The average molecular weight is 397 g/mol. The minimum atomic E-state index is -0.333. The molecule has 1 aliphatic heterocycles. The van der Waals surface area contributed by atoms with Crippen molar-refractivity contribution in [1.29, 1.82) is 0 Å². The van der Waals surface area contributed by atoms with E-state index >= 15 is 0 Å². The first kappa shape index (κ1) is 19.3. The lowest BCUT2D eigenvalue weighted by Gasteiger charge is -2.19. The number of hydrogen-bond acceptors (Lipinski definition) is 5. The Bertz CT molecular complexity index is 1060. The Balaban J connectivity index is 1.85. The van der Waals surface area contributed by atoms with Crippen molar-refractivity contribution in [2.45, 2.75) is 38.9 Å². The van der Waals surface area contributed by atoms with Gasteiger partial charge >= 0.3 is 0 Å². The summed E-state index contributed by atoms with van der Waals surface area (Å²) in [6.45, 7) is 3.90. The van der Waals surface area contributed by atoms with Gasteiger partial charge in [-0.25, -0.2) is 19.0 Å². The van der Waals surface area contributed by atoms with E-state index in [0.29, 0.717) is 35.9 Å². The van der Waals surface area contributed by atoms with Gasteiger partial charge in [0, 0.05) is 32.4 Å². The molecular formula is C21H24FN5O2. The van der Waals surface area contributed by atoms with E-state index < -0.39 is 0 Å². The molecule has 2 aromatic heterocycles. The summed E-state index contributed by atoms with van der Waals surface area (Å²) in [6, 6.07) is 7.87. The van der Waals surface area contributed by atoms with E-state index in [1.807, 2.05) is 11.6 Å². The highest BCUT2D eigenvalue weighted by Crippen LogP contribution is 2.31. The molecule has 0 fully saturated rings. The quantitative estimate of drug-likeness (QED) is 0.692. The van der Waals surface area contributed by atoms with Gasteiger partial charge in [-0.2, -0.15) is 0 Å². The molecule has 0 aliphatic carbocycles. The summed E-state index contributed by atoms with van der Waals surface area (Å²) in [6.07, 6.45) is 3.62. The zero-order chi connectivity index (χ0) is 20.4. The maximum absolute atomic E-state index is 13.5. The second kappa shape index (κ2) is 8.16. The molecular weight excluding hydrogens is 373 g/mol. The first-order valence-electron chi connectivity index (χ1n) is 9.77. The molecule has 7 nitrogen and oxygen atoms in total. The SMILES string of the molecule is COC[C@H](C)Nc1nccc(-c2c(-c3ccc(F)cc3)c(=O)n3n2CCCC3)n1. The highest BCUT2D eigenvalue weighted by Gasteiger charge is 2.25. The van der Waals surface area contributed by atoms with E-state index in [-0.39, 0.29) is 17.4 Å². The molecule has 0 amide bonds. The molecule has 0 saturated carbocycles. The predicted molar refractivity (Wildman–Crippen MR) is 109 cm³/mol. The van der Waals surface area contributed by atoms with E-state index in [1.54, 1.807) is 36.2 Å². The summed E-state index contributed by atoms with van der Waals surface area (Å²) in [5.74, 6) is 0.140. The Labute approximate surface area is 168 Å². The zero-order valence-corrected chi connectivity index (χ0v) is 16.6. The van der Waals surface area contributed by atoms with Crippen LogP contribution in [0, 0.1) is 5.82 Å². The smallest absolute Gasteiger partial charge is 0.275 e. The molecule has 1 aliphatic rings. The van der Waals surface area contributed by atoms with Gasteiger partial charge in [0.1, 0.15) is 5.82 Å². The van der Waals surface area contributed by atoms with E-state index in [4.69, 9.17) is 4.74 Å². The van der Waals surface area contributed by atoms with Crippen LogP contribution >= 0.6 is 0 Å². The number of ether oxygens (including phenoxy) is 1. The van der Waals surface area contributed by atoms with Crippen LogP contribution in [0.15, 0.2) is 41.3 Å². The number of anilines is 1. The molecule has 0 spiro atoms. The fourth-order valence-electron chi connectivity index (χ4n) is 3.78. The number of nitrogens with zero attached hydrogens (tertiary/aromatic N) is 4. The van der Waals surface area contributed by atoms with E-state index in [2.05, 4.69) is 15.3 Å². The molecule has 1 aromatic carbocycles. The first-order valence-corrected chi connectivity index (χ1v) is 9.77. The van der Waals surface area contributed by atoms with Gasteiger partial charge in [0.2, 0.25) is 5.95 Å². The minimum Gasteiger partial charge on any atom is -0.383 e. The van der Waals surface area contributed by atoms with Crippen molar-refractivity contribution < 1.29 is 9.13 Å². The van der Waals surface area contributed by atoms with Crippen molar-refractivity contribution in [1.82, 2.24) is 19.3 Å². The van der Waals surface area contributed by atoms with Gasteiger partial charge in [-0.05, 0) is 43.5 Å². The third-order valence-electron chi connectivity index (χ3n) is 5.05. The summed E-state index contributed by atoms with van der Waals surface area (Å²) in [7, 11) is 1.64. The highest BCUT2D eigenvalue weighted by molar-refractivity contribution is 5.79. The van der Waals surface area contributed by atoms with Crippen LogP contribution in [-0.2, 0) is 17.8 Å². The molecule has 1 N–H and O–H groups in total. The van der Waals surface area contributed by atoms with Gasteiger partial charge in [0.05, 0.1) is 23.6 Å². The van der Waals surface area contributed by atoms with Crippen molar-refractivity contribution >= 4 is 5.95 Å². The van der Waals surface area contributed by atoms with Crippen molar-refractivity contribution in [2.24, 2.45) is 0 Å². The molecule has 4 rings (SSSR count). The van der Waals surface area contributed by atoms with Gasteiger partial charge in [-0.15, -0.1) is 0 Å². The summed E-state index contributed by atoms with van der Waals surface area (Å²) in [4.78, 5) is 22.2. The number of fused-ring (bicyclic) bond motifs is 1. The summed E-state index contributed by atoms with van der Waals surface area (Å²) in [5.41, 5.74) is 2.55. The fourth-order valence-corrected chi connectivity index (χ4v) is 3.78. The summed E-state index contributed by atoms with van der Waals surface area (Å²) >= 11 is 0. The predicted octanol–water partition coefficient (Wildman–Crippen LogP) is 3.15. The number of halogens is 1. The van der Waals surface area contributed by atoms with Crippen molar-refractivity contribution in [2.75, 3.05) is 19.0 Å². The molecule has 0 bridgehead atoms. The Morgan fingerprint density at radius 2 is 1.90 bits per heavy atom. The van der Waals surface area contributed by atoms with Gasteiger partial charge in [0.25, 0.3) is 5.56 Å². The van der Waals surface area contributed by atoms with E-state index in [0.717, 1.165) is 25.1 Å². The molecule has 152 valence electrons.